The maximum absolute atomic E-state index is 11.7. The normalized spacial score (nSPS) is 16.9. The van der Waals surface area contributed by atoms with Gasteiger partial charge in [0.25, 0.3) is 0 Å². The number of hydrogen-bond acceptors (Lipinski definition) is 4. The van der Waals surface area contributed by atoms with Crippen molar-refractivity contribution in [2.45, 2.75) is 32.7 Å². The van der Waals surface area contributed by atoms with Gasteiger partial charge in [-0.1, -0.05) is 13.0 Å². The Hall–Kier alpha value is -1.55. The van der Waals surface area contributed by atoms with E-state index in [1.54, 1.807) is 6.07 Å². The van der Waals surface area contributed by atoms with E-state index in [1.165, 1.54) is 0 Å². The minimum absolute atomic E-state index is 0.253. The van der Waals surface area contributed by atoms with Crippen LogP contribution in [0.25, 0.3) is 0 Å². The van der Waals surface area contributed by atoms with Crippen LogP contribution < -0.4 is 5.32 Å². The van der Waals surface area contributed by atoms with Gasteiger partial charge in [-0.05, 0) is 44.5 Å². The molecule has 2 rings (SSSR count). The first-order valence-electron chi connectivity index (χ1n) is 7.49. The first-order chi connectivity index (χ1) is 9.72. The fraction of sp³-hybridized carbons (Fsp3) is 0.562. The largest absolute Gasteiger partial charge is 0.462 e. The van der Waals surface area contributed by atoms with Gasteiger partial charge in [0, 0.05) is 24.8 Å². The van der Waals surface area contributed by atoms with Crippen LogP contribution in [-0.2, 0) is 4.74 Å². The SMILES string of the molecule is CCOC(=O)c1cccc(NC2CCN(CC)CC2)c1. The first kappa shape index (κ1) is 14.9. The van der Waals surface area contributed by atoms with Crippen molar-refractivity contribution in [3.63, 3.8) is 0 Å². The van der Waals surface area contributed by atoms with Gasteiger partial charge in [-0.3, -0.25) is 0 Å². The van der Waals surface area contributed by atoms with Gasteiger partial charge in [0.2, 0.25) is 0 Å². The third-order valence-corrected chi connectivity index (χ3v) is 3.78. The predicted octanol–water partition coefficient (Wildman–Crippen LogP) is 2.76. The van der Waals surface area contributed by atoms with Crippen LogP contribution in [0.2, 0.25) is 0 Å². The maximum atomic E-state index is 11.7. The molecule has 0 aromatic heterocycles. The Morgan fingerprint density at radius 2 is 2.10 bits per heavy atom. The molecule has 1 aliphatic rings. The lowest BCUT2D eigenvalue weighted by atomic mass is 10.0. The van der Waals surface area contributed by atoms with E-state index >= 15 is 0 Å². The van der Waals surface area contributed by atoms with Gasteiger partial charge in [0.05, 0.1) is 12.2 Å². The van der Waals surface area contributed by atoms with Gasteiger partial charge in [0.15, 0.2) is 0 Å². The van der Waals surface area contributed by atoms with Crippen molar-refractivity contribution in [2.75, 3.05) is 31.6 Å². The highest BCUT2D eigenvalue weighted by Gasteiger charge is 2.18. The molecule has 0 saturated carbocycles. The van der Waals surface area contributed by atoms with E-state index in [-0.39, 0.29) is 5.97 Å². The van der Waals surface area contributed by atoms with Crippen LogP contribution in [0.3, 0.4) is 0 Å². The van der Waals surface area contributed by atoms with Crippen molar-refractivity contribution in [2.24, 2.45) is 0 Å². The number of carbonyl (C=O) groups excluding carboxylic acids is 1. The monoisotopic (exact) mass is 276 g/mol. The summed E-state index contributed by atoms with van der Waals surface area (Å²) in [4.78, 5) is 14.2. The molecule has 0 amide bonds. The number of carbonyl (C=O) groups is 1. The van der Waals surface area contributed by atoms with Gasteiger partial charge >= 0.3 is 5.97 Å². The summed E-state index contributed by atoms with van der Waals surface area (Å²) in [5.74, 6) is -0.253. The second-order valence-corrected chi connectivity index (χ2v) is 5.15. The summed E-state index contributed by atoms with van der Waals surface area (Å²) in [7, 11) is 0. The third-order valence-electron chi connectivity index (χ3n) is 3.78. The average Bonchev–Trinajstić information content (AvgIpc) is 2.48. The lowest BCUT2D eigenvalue weighted by Gasteiger charge is -2.32. The van der Waals surface area contributed by atoms with Gasteiger partial charge in [-0.25, -0.2) is 4.79 Å². The zero-order valence-corrected chi connectivity index (χ0v) is 12.4. The summed E-state index contributed by atoms with van der Waals surface area (Å²) in [5.41, 5.74) is 1.62. The van der Waals surface area contributed by atoms with Crippen molar-refractivity contribution in [1.29, 1.82) is 0 Å². The van der Waals surface area contributed by atoms with Gasteiger partial charge in [-0.2, -0.15) is 0 Å². The summed E-state index contributed by atoms with van der Waals surface area (Å²) in [5, 5.41) is 3.53. The minimum atomic E-state index is -0.253. The van der Waals surface area contributed by atoms with Crippen LogP contribution in [0.4, 0.5) is 5.69 Å². The highest BCUT2D eigenvalue weighted by Crippen LogP contribution is 2.18. The van der Waals surface area contributed by atoms with E-state index in [4.69, 9.17) is 4.74 Å². The zero-order chi connectivity index (χ0) is 14.4. The molecule has 0 spiro atoms. The number of benzene rings is 1. The van der Waals surface area contributed by atoms with Crippen molar-refractivity contribution in [3.05, 3.63) is 29.8 Å². The lowest BCUT2D eigenvalue weighted by Crippen LogP contribution is -2.38. The fourth-order valence-corrected chi connectivity index (χ4v) is 2.58. The van der Waals surface area contributed by atoms with E-state index in [0.717, 1.165) is 38.2 Å². The highest BCUT2D eigenvalue weighted by molar-refractivity contribution is 5.90. The van der Waals surface area contributed by atoms with Crippen LogP contribution in [0.5, 0.6) is 0 Å². The lowest BCUT2D eigenvalue weighted by molar-refractivity contribution is 0.0526. The second-order valence-electron chi connectivity index (χ2n) is 5.15. The Morgan fingerprint density at radius 1 is 1.35 bits per heavy atom. The molecule has 1 N–H and O–H groups in total. The van der Waals surface area contributed by atoms with Crippen molar-refractivity contribution in [3.8, 4) is 0 Å². The number of rotatable bonds is 5. The molecule has 0 unspecified atom stereocenters. The van der Waals surface area contributed by atoms with Crippen LogP contribution in [0.15, 0.2) is 24.3 Å². The summed E-state index contributed by atoms with van der Waals surface area (Å²) < 4.78 is 5.03. The molecular formula is C16H24N2O2. The molecule has 0 atom stereocenters. The number of nitrogens with one attached hydrogen (secondary N) is 1. The molecule has 1 saturated heterocycles. The molecule has 20 heavy (non-hydrogen) atoms. The molecule has 1 fully saturated rings. The van der Waals surface area contributed by atoms with E-state index in [9.17, 15) is 4.79 Å². The standard InChI is InChI=1S/C16H24N2O2/c1-3-18-10-8-14(9-11-18)17-15-7-5-6-13(12-15)16(19)20-4-2/h5-7,12,14,17H,3-4,8-11H2,1-2H3. The molecule has 4 nitrogen and oxygen atoms in total. The van der Waals surface area contributed by atoms with Gasteiger partial charge in [0.1, 0.15) is 0 Å². The van der Waals surface area contributed by atoms with Crippen molar-refractivity contribution in [1.82, 2.24) is 4.90 Å². The molecule has 0 radical (unpaired) electrons. The summed E-state index contributed by atoms with van der Waals surface area (Å²) in [6.07, 6.45) is 2.30. The Kier molecular flexibility index (Phi) is 5.41. The number of piperidine rings is 1. The Morgan fingerprint density at radius 3 is 2.75 bits per heavy atom. The molecule has 0 bridgehead atoms. The summed E-state index contributed by atoms with van der Waals surface area (Å²) in [6.45, 7) is 7.85. The Bertz CT molecular complexity index is 440. The number of nitrogens with zero attached hydrogens (tertiary/aromatic N) is 1. The maximum Gasteiger partial charge on any atom is 0.338 e. The smallest absolute Gasteiger partial charge is 0.338 e. The average molecular weight is 276 g/mol. The highest BCUT2D eigenvalue weighted by atomic mass is 16.5. The molecule has 1 aromatic carbocycles. The molecule has 1 aromatic rings. The molecular weight excluding hydrogens is 252 g/mol. The number of hydrogen-bond donors (Lipinski definition) is 1. The first-order valence-corrected chi connectivity index (χ1v) is 7.49. The number of likely N-dealkylation sites (tertiary alicyclic amines) is 1. The van der Waals surface area contributed by atoms with Crippen LogP contribution in [0.1, 0.15) is 37.0 Å². The Balaban J connectivity index is 1.93. The van der Waals surface area contributed by atoms with Crippen molar-refractivity contribution < 1.29 is 9.53 Å². The van der Waals surface area contributed by atoms with E-state index in [2.05, 4.69) is 17.1 Å². The molecule has 1 heterocycles. The summed E-state index contributed by atoms with van der Waals surface area (Å²) in [6, 6.07) is 8.08. The zero-order valence-electron chi connectivity index (χ0n) is 12.4. The van der Waals surface area contributed by atoms with E-state index in [0.29, 0.717) is 18.2 Å². The molecule has 110 valence electrons. The van der Waals surface area contributed by atoms with Gasteiger partial charge in [-0.15, -0.1) is 0 Å². The fourth-order valence-electron chi connectivity index (χ4n) is 2.58. The van der Waals surface area contributed by atoms with Crippen LogP contribution in [0, 0.1) is 0 Å². The van der Waals surface area contributed by atoms with E-state index < -0.39 is 0 Å². The topological polar surface area (TPSA) is 41.6 Å². The number of anilines is 1. The number of ether oxygens (including phenoxy) is 1. The van der Waals surface area contributed by atoms with Crippen LogP contribution in [-0.4, -0.2) is 43.2 Å². The molecule has 1 aliphatic heterocycles. The Labute approximate surface area is 121 Å². The van der Waals surface area contributed by atoms with Crippen LogP contribution >= 0.6 is 0 Å². The number of esters is 1. The predicted molar refractivity (Wildman–Crippen MR) is 81.2 cm³/mol. The minimum Gasteiger partial charge on any atom is -0.462 e. The second kappa shape index (κ2) is 7.29. The van der Waals surface area contributed by atoms with E-state index in [1.807, 2.05) is 25.1 Å². The van der Waals surface area contributed by atoms with Crippen molar-refractivity contribution >= 4 is 11.7 Å². The molecule has 0 aliphatic carbocycles. The van der Waals surface area contributed by atoms with Gasteiger partial charge < -0.3 is 15.0 Å². The summed E-state index contributed by atoms with van der Waals surface area (Å²) >= 11 is 0. The molecule has 4 heteroatoms. The third kappa shape index (κ3) is 3.97. The quantitative estimate of drug-likeness (QED) is 0.840.